The zero-order chi connectivity index (χ0) is 29.3. The molecule has 40 heavy (non-hydrogen) atoms. The fraction of sp³-hybridized carbons (Fsp3) is 0.806. The highest BCUT2D eigenvalue weighted by Crippen LogP contribution is 2.68. The first-order valence-electron chi connectivity index (χ1n) is 16.9. The molecule has 0 aliphatic heterocycles. The number of rotatable bonds is 5. The van der Waals surface area contributed by atoms with Gasteiger partial charge in [-0.2, -0.15) is 0 Å². The fourth-order valence-corrected chi connectivity index (χ4v) is 10.6. The first-order chi connectivity index (χ1) is 19.1. The molecule has 0 aromatic heterocycles. The van der Waals surface area contributed by atoms with Crippen molar-refractivity contribution in [2.45, 2.75) is 143 Å². The van der Waals surface area contributed by atoms with E-state index in [0.717, 1.165) is 30.7 Å². The van der Waals surface area contributed by atoms with Gasteiger partial charge < -0.3 is 15.3 Å². The van der Waals surface area contributed by atoms with Crippen molar-refractivity contribution < 1.29 is 20.1 Å². The Hall–Kier alpha value is -1.39. The molecular weight excluding hydrogens is 496 g/mol. The Morgan fingerprint density at radius 2 is 1.57 bits per heavy atom. The minimum atomic E-state index is -0.875. The number of aliphatic hydroxyl groups excluding tert-OH is 1. The summed E-state index contributed by atoms with van der Waals surface area (Å²) in [5, 5.41) is 32.3. The van der Waals surface area contributed by atoms with E-state index in [4.69, 9.17) is 0 Å². The van der Waals surface area contributed by atoms with Crippen LogP contribution in [0.5, 0.6) is 0 Å². The van der Waals surface area contributed by atoms with Crippen molar-refractivity contribution in [2.24, 2.45) is 40.4 Å². The summed E-state index contributed by atoms with van der Waals surface area (Å²) in [4.78, 5) is 11.6. The number of aromatic carboxylic acids is 1. The van der Waals surface area contributed by atoms with Crippen LogP contribution in [0.1, 0.15) is 147 Å². The molecule has 6 rings (SSSR count). The van der Waals surface area contributed by atoms with Crippen molar-refractivity contribution in [3.05, 3.63) is 35.4 Å². The molecule has 4 nitrogen and oxygen atoms in total. The van der Waals surface area contributed by atoms with Crippen LogP contribution in [0, 0.1) is 40.4 Å². The lowest BCUT2D eigenvalue weighted by molar-refractivity contribution is -0.163. The molecule has 7 unspecified atom stereocenters. The molecule has 0 amide bonds. The summed E-state index contributed by atoms with van der Waals surface area (Å²) >= 11 is 0. The van der Waals surface area contributed by atoms with E-state index in [0.29, 0.717) is 47.5 Å². The Morgan fingerprint density at radius 3 is 2.27 bits per heavy atom. The molecule has 0 radical (unpaired) electrons. The fourth-order valence-electron chi connectivity index (χ4n) is 10.6. The molecule has 0 saturated heterocycles. The number of carboxylic acid groups (broad SMARTS) is 1. The lowest BCUT2D eigenvalue weighted by Gasteiger charge is -2.62. The third-order valence-electron chi connectivity index (χ3n) is 12.6. The normalized spacial score (nSPS) is 43.4. The van der Waals surface area contributed by atoms with E-state index in [-0.39, 0.29) is 17.4 Å². The maximum Gasteiger partial charge on any atom is 0.335 e. The predicted octanol–water partition coefficient (Wildman–Crippen LogP) is 8.85. The predicted molar refractivity (Wildman–Crippen MR) is 163 cm³/mol. The summed E-state index contributed by atoms with van der Waals surface area (Å²) in [6.07, 6.45) is 14.6. The molecular formula is C36H58O4. The Morgan fingerprint density at radius 1 is 0.900 bits per heavy atom. The molecule has 4 heteroatoms. The average Bonchev–Trinajstić information content (AvgIpc) is 3.29. The SMILES string of the molecule is CC.CC.CC12CCC3C(C1CCC2CCC1(O)CC(c2ccccc2C(=O)O)C1)[C@H](O)CC1CCCCC13C. The van der Waals surface area contributed by atoms with E-state index in [2.05, 4.69) is 13.8 Å². The van der Waals surface area contributed by atoms with Gasteiger partial charge in [0.2, 0.25) is 0 Å². The number of aliphatic hydroxyl groups is 2. The summed E-state index contributed by atoms with van der Waals surface area (Å²) in [7, 11) is 0. The molecule has 5 aliphatic carbocycles. The van der Waals surface area contributed by atoms with Gasteiger partial charge >= 0.3 is 5.97 Å². The van der Waals surface area contributed by atoms with E-state index in [1.54, 1.807) is 12.1 Å². The number of carbonyl (C=O) groups is 1. The standard InChI is InChI=1S/C32H46O4.2C2H6/c1-30-14-6-5-7-22(30)17-27(33)28-25-11-10-21(31(25,2)15-13-26(28)30)12-16-32(36)18-20(19-32)23-8-3-4-9-24(23)29(34)35;2*1-2/h3-4,8-9,20-22,25-28,33,36H,5-7,10-19H2,1-2H3,(H,34,35);2*1-2H3/t20?,21?,22?,25?,26?,27-,28?,30?,31?,32?;;/m1../s1. The first kappa shape index (κ1) is 31.5. The van der Waals surface area contributed by atoms with Crippen molar-refractivity contribution in [1.82, 2.24) is 0 Å². The highest BCUT2D eigenvalue weighted by Gasteiger charge is 2.62. The van der Waals surface area contributed by atoms with Crippen LogP contribution < -0.4 is 0 Å². The lowest BCUT2D eigenvalue weighted by Crippen LogP contribution is -2.57. The van der Waals surface area contributed by atoms with Crippen LogP contribution in [0.15, 0.2) is 24.3 Å². The molecule has 1 aromatic rings. The summed E-state index contributed by atoms with van der Waals surface area (Å²) in [6.45, 7) is 13.1. The van der Waals surface area contributed by atoms with Crippen molar-refractivity contribution in [3.8, 4) is 0 Å². The van der Waals surface area contributed by atoms with Crippen molar-refractivity contribution in [2.75, 3.05) is 0 Å². The highest BCUT2D eigenvalue weighted by atomic mass is 16.4. The van der Waals surface area contributed by atoms with Gasteiger partial charge in [0.1, 0.15) is 0 Å². The van der Waals surface area contributed by atoms with E-state index in [1.807, 2.05) is 39.8 Å². The molecule has 3 N–H and O–H groups in total. The van der Waals surface area contributed by atoms with Crippen molar-refractivity contribution >= 4 is 5.97 Å². The Balaban J connectivity index is 0.000000886. The summed E-state index contributed by atoms with van der Waals surface area (Å²) in [6, 6.07) is 7.29. The Kier molecular flexibility index (Phi) is 9.82. The van der Waals surface area contributed by atoms with Gasteiger partial charge in [-0.1, -0.05) is 72.6 Å². The van der Waals surface area contributed by atoms with Gasteiger partial charge in [0.05, 0.1) is 17.3 Å². The molecule has 0 spiro atoms. The van der Waals surface area contributed by atoms with E-state index >= 15 is 0 Å². The van der Waals surface area contributed by atoms with Gasteiger partial charge in [-0.05, 0) is 129 Å². The van der Waals surface area contributed by atoms with Crippen LogP contribution >= 0.6 is 0 Å². The summed E-state index contributed by atoms with van der Waals surface area (Å²) in [5.74, 6) is 2.40. The number of hydrogen-bond acceptors (Lipinski definition) is 3. The minimum absolute atomic E-state index is 0.125. The van der Waals surface area contributed by atoms with Crippen LogP contribution in [-0.4, -0.2) is 33.0 Å². The van der Waals surface area contributed by atoms with Crippen LogP contribution in [0.25, 0.3) is 0 Å². The third-order valence-corrected chi connectivity index (χ3v) is 12.6. The maximum absolute atomic E-state index is 11.6. The molecule has 226 valence electrons. The van der Waals surface area contributed by atoms with Gasteiger partial charge in [-0.3, -0.25) is 0 Å². The first-order valence-corrected chi connectivity index (χ1v) is 16.9. The number of carboxylic acids is 1. The number of hydrogen-bond donors (Lipinski definition) is 3. The Bertz CT molecular complexity index is 998. The monoisotopic (exact) mass is 554 g/mol. The van der Waals surface area contributed by atoms with E-state index < -0.39 is 11.6 Å². The number of fused-ring (bicyclic) bond motifs is 5. The molecule has 5 fully saturated rings. The second kappa shape index (κ2) is 12.5. The molecule has 1 aromatic carbocycles. The van der Waals surface area contributed by atoms with Crippen molar-refractivity contribution in [1.29, 1.82) is 0 Å². The summed E-state index contributed by atoms with van der Waals surface area (Å²) in [5.41, 5.74) is 1.32. The smallest absolute Gasteiger partial charge is 0.335 e. The van der Waals surface area contributed by atoms with E-state index in [9.17, 15) is 20.1 Å². The molecule has 0 heterocycles. The largest absolute Gasteiger partial charge is 0.478 e. The zero-order valence-electron chi connectivity index (χ0n) is 26.3. The third kappa shape index (κ3) is 5.41. The van der Waals surface area contributed by atoms with Gasteiger partial charge in [-0.15, -0.1) is 0 Å². The van der Waals surface area contributed by atoms with Gasteiger partial charge in [0.25, 0.3) is 0 Å². The van der Waals surface area contributed by atoms with Gasteiger partial charge in [-0.25, -0.2) is 4.79 Å². The molecule has 8 atom stereocenters. The second-order valence-corrected chi connectivity index (χ2v) is 14.1. The molecule has 5 saturated carbocycles. The van der Waals surface area contributed by atoms with Crippen LogP contribution in [0.2, 0.25) is 0 Å². The topological polar surface area (TPSA) is 77.8 Å². The molecule has 5 aliphatic rings. The van der Waals surface area contributed by atoms with E-state index in [1.165, 1.54) is 51.4 Å². The quantitative estimate of drug-likeness (QED) is 0.340. The van der Waals surface area contributed by atoms with Crippen molar-refractivity contribution in [3.63, 3.8) is 0 Å². The number of benzene rings is 1. The minimum Gasteiger partial charge on any atom is -0.478 e. The molecule has 0 bridgehead atoms. The van der Waals surface area contributed by atoms with Crippen LogP contribution in [0.4, 0.5) is 0 Å². The highest BCUT2D eigenvalue weighted by molar-refractivity contribution is 5.89. The van der Waals surface area contributed by atoms with Crippen LogP contribution in [0.3, 0.4) is 0 Å². The maximum atomic E-state index is 11.6. The van der Waals surface area contributed by atoms with Gasteiger partial charge in [0, 0.05) is 0 Å². The second-order valence-electron chi connectivity index (χ2n) is 14.1. The zero-order valence-corrected chi connectivity index (χ0v) is 26.3. The Labute approximate surface area is 244 Å². The lowest BCUT2D eigenvalue weighted by atomic mass is 9.44. The van der Waals surface area contributed by atoms with Crippen LogP contribution in [-0.2, 0) is 0 Å². The van der Waals surface area contributed by atoms with Gasteiger partial charge in [0.15, 0.2) is 0 Å². The summed E-state index contributed by atoms with van der Waals surface area (Å²) < 4.78 is 0. The average molecular weight is 555 g/mol.